The molecule has 0 radical (unpaired) electrons. The van der Waals surface area contributed by atoms with E-state index in [9.17, 15) is 4.39 Å². The number of hydrogen-bond donors (Lipinski definition) is 1. The summed E-state index contributed by atoms with van der Waals surface area (Å²) in [5.74, 6) is 0.693. The lowest BCUT2D eigenvalue weighted by Gasteiger charge is -2.11. The van der Waals surface area contributed by atoms with E-state index >= 15 is 0 Å². The molecule has 1 aromatic rings. The summed E-state index contributed by atoms with van der Waals surface area (Å²) in [5, 5.41) is 3.43. The van der Waals surface area contributed by atoms with Crippen molar-refractivity contribution in [2.24, 2.45) is 5.92 Å². The molecule has 1 saturated carbocycles. The third-order valence-electron chi connectivity index (χ3n) is 4.32. The second-order valence-corrected chi connectivity index (χ2v) is 5.17. The Hall–Kier alpha value is -0.890. The lowest BCUT2D eigenvalue weighted by molar-refractivity contribution is 0.556. The van der Waals surface area contributed by atoms with Gasteiger partial charge in [-0.1, -0.05) is 13.0 Å². The largest absolute Gasteiger partial charge is 0.317 e. The number of halogens is 1. The number of fused-ring (bicyclic) bond motifs is 2. The first-order chi connectivity index (χ1) is 7.76. The molecular weight excluding hydrogens is 201 g/mol. The molecule has 0 aromatic heterocycles. The smallest absolute Gasteiger partial charge is 0.123 e. The average Bonchev–Trinajstić information content (AvgIpc) is 2.86. The van der Waals surface area contributed by atoms with Crippen LogP contribution in [0.3, 0.4) is 0 Å². The number of rotatable bonds is 3. The second kappa shape index (κ2) is 3.56. The van der Waals surface area contributed by atoms with Crippen LogP contribution in [0.25, 0.3) is 0 Å². The SMILES string of the molecule is CCNCC1CC12CCc1cc(F)ccc12. The summed E-state index contributed by atoms with van der Waals surface area (Å²) in [7, 11) is 0. The number of aryl methyl sites for hydroxylation is 1. The fraction of sp³-hybridized carbons (Fsp3) is 0.571. The molecule has 2 atom stereocenters. The molecule has 16 heavy (non-hydrogen) atoms. The van der Waals surface area contributed by atoms with Crippen LogP contribution in [0.15, 0.2) is 18.2 Å². The normalized spacial score (nSPS) is 30.8. The van der Waals surface area contributed by atoms with E-state index in [0.29, 0.717) is 5.41 Å². The Labute approximate surface area is 96.1 Å². The highest BCUT2D eigenvalue weighted by Gasteiger charge is 2.57. The summed E-state index contributed by atoms with van der Waals surface area (Å²) in [4.78, 5) is 0. The van der Waals surface area contributed by atoms with Gasteiger partial charge in [-0.15, -0.1) is 0 Å². The summed E-state index contributed by atoms with van der Waals surface area (Å²) in [6, 6.07) is 5.37. The van der Waals surface area contributed by atoms with Crippen LogP contribution in [0.4, 0.5) is 4.39 Å². The summed E-state index contributed by atoms with van der Waals surface area (Å²) in [6.45, 7) is 4.31. The van der Waals surface area contributed by atoms with Crippen LogP contribution >= 0.6 is 0 Å². The van der Waals surface area contributed by atoms with Crippen molar-refractivity contribution in [3.05, 3.63) is 35.1 Å². The Morgan fingerprint density at radius 3 is 3.19 bits per heavy atom. The van der Waals surface area contributed by atoms with Crippen LogP contribution in [0.1, 0.15) is 30.9 Å². The Morgan fingerprint density at radius 2 is 2.38 bits per heavy atom. The molecule has 86 valence electrons. The molecule has 2 heteroatoms. The molecule has 1 nitrogen and oxygen atoms in total. The van der Waals surface area contributed by atoms with Gasteiger partial charge >= 0.3 is 0 Å². The van der Waals surface area contributed by atoms with Crippen LogP contribution in [0, 0.1) is 11.7 Å². The Kier molecular flexibility index (Phi) is 2.28. The third kappa shape index (κ3) is 1.40. The molecule has 0 aliphatic heterocycles. The lowest BCUT2D eigenvalue weighted by atomic mass is 9.95. The summed E-state index contributed by atoms with van der Waals surface area (Å²) < 4.78 is 13.1. The maximum atomic E-state index is 13.1. The van der Waals surface area contributed by atoms with Gasteiger partial charge in [-0.2, -0.15) is 0 Å². The van der Waals surface area contributed by atoms with Gasteiger partial charge in [0.15, 0.2) is 0 Å². The zero-order valence-electron chi connectivity index (χ0n) is 9.72. The molecule has 2 unspecified atom stereocenters. The van der Waals surface area contributed by atoms with Crippen LogP contribution < -0.4 is 5.32 Å². The van der Waals surface area contributed by atoms with E-state index in [0.717, 1.165) is 25.4 Å². The first kappa shape index (κ1) is 10.3. The van der Waals surface area contributed by atoms with Crippen molar-refractivity contribution in [2.75, 3.05) is 13.1 Å². The Morgan fingerprint density at radius 1 is 1.50 bits per heavy atom. The Balaban J connectivity index is 1.83. The quantitative estimate of drug-likeness (QED) is 0.824. The molecule has 1 fully saturated rings. The maximum absolute atomic E-state index is 13.1. The van der Waals surface area contributed by atoms with Gasteiger partial charge < -0.3 is 5.32 Å². The fourth-order valence-corrected chi connectivity index (χ4v) is 3.35. The van der Waals surface area contributed by atoms with Crippen LogP contribution in [-0.2, 0) is 11.8 Å². The third-order valence-corrected chi connectivity index (χ3v) is 4.32. The second-order valence-electron chi connectivity index (χ2n) is 5.17. The van der Waals surface area contributed by atoms with Gasteiger partial charge in [0.05, 0.1) is 0 Å². The van der Waals surface area contributed by atoms with Gasteiger partial charge in [-0.3, -0.25) is 0 Å². The van der Waals surface area contributed by atoms with Crippen molar-refractivity contribution in [2.45, 2.75) is 31.6 Å². The first-order valence-electron chi connectivity index (χ1n) is 6.26. The predicted molar refractivity (Wildman–Crippen MR) is 63.0 cm³/mol. The summed E-state index contributed by atoms with van der Waals surface area (Å²) in [6.07, 6.45) is 3.58. The molecular formula is C14H18FN. The van der Waals surface area contributed by atoms with E-state index in [2.05, 4.69) is 12.2 Å². The van der Waals surface area contributed by atoms with E-state index in [-0.39, 0.29) is 5.82 Å². The van der Waals surface area contributed by atoms with Crippen LogP contribution in [0.5, 0.6) is 0 Å². The van der Waals surface area contributed by atoms with Gasteiger partial charge in [-0.05, 0) is 61.5 Å². The minimum atomic E-state index is -0.0836. The molecule has 0 bridgehead atoms. The van der Waals surface area contributed by atoms with Crippen molar-refractivity contribution in [1.29, 1.82) is 0 Å². The van der Waals surface area contributed by atoms with Crippen molar-refractivity contribution in [1.82, 2.24) is 5.32 Å². The zero-order valence-corrected chi connectivity index (χ0v) is 9.72. The van der Waals surface area contributed by atoms with E-state index in [1.165, 1.54) is 24.0 Å². The predicted octanol–water partition coefficient (Wildman–Crippen LogP) is 2.64. The van der Waals surface area contributed by atoms with Gasteiger partial charge in [0, 0.05) is 5.41 Å². The van der Waals surface area contributed by atoms with Gasteiger partial charge in [0.2, 0.25) is 0 Å². The summed E-state index contributed by atoms with van der Waals surface area (Å²) in [5.41, 5.74) is 3.08. The molecule has 3 rings (SSSR count). The van der Waals surface area contributed by atoms with E-state index in [1.807, 2.05) is 6.07 Å². The lowest BCUT2D eigenvalue weighted by Crippen LogP contribution is -2.20. The molecule has 1 N–H and O–H groups in total. The zero-order chi connectivity index (χ0) is 11.2. The Bertz CT molecular complexity index is 415. The fourth-order valence-electron chi connectivity index (χ4n) is 3.35. The molecule has 0 saturated heterocycles. The maximum Gasteiger partial charge on any atom is 0.123 e. The highest BCUT2D eigenvalue weighted by atomic mass is 19.1. The molecule has 2 aliphatic rings. The number of nitrogens with one attached hydrogen (secondary N) is 1. The number of benzene rings is 1. The van der Waals surface area contributed by atoms with Crippen molar-refractivity contribution in [3.63, 3.8) is 0 Å². The van der Waals surface area contributed by atoms with Crippen molar-refractivity contribution < 1.29 is 4.39 Å². The van der Waals surface area contributed by atoms with Gasteiger partial charge in [0.25, 0.3) is 0 Å². The monoisotopic (exact) mass is 219 g/mol. The highest BCUT2D eigenvalue weighted by Crippen LogP contribution is 2.61. The molecule has 1 spiro atoms. The topological polar surface area (TPSA) is 12.0 Å². The minimum Gasteiger partial charge on any atom is -0.317 e. The molecule has 0 amide bonds. The molecule has 1 aromatic carbocycles. The van der Waals surface area contributed by atoms with E-state index in [4.69, 9.17) is 0 Å². The van der Waals surface area contributed by atoms with Crippen molar-refractivity contribution >= 4 is 0 Å². The van der Waals surface area contributed by atoms with Crippen LogP contribution in [0.2, 0.25) is 0 Å². The van der Waals surface area contributed by atoms with Crippen molar-refractivity contribution in [3.8, 4) is 0 Å². The van der Waals surface area contributed by atoms with Gasteiger partial charge in [-0.25, -0.2) is 4.39 Å². The summed E-state index contributed by atoms with van der Waals surface area (Å²) >= 11 is 0. The molecule has 2 aliphatic carbocycles. The molecule has 0 heterocycles. The van der Waals surface area contributed by atoms with Gasteiger partial charge in [0.1, 0.15) is 5.82 Å². The first-order valence-corrected chi connectivity index (χ1v) is 6.26. The van der Waals surface area contributed by atoms with E-state index in [1.54, 1.807) is 12.1 Å². The highest BCUT2D eigenvalue weighted by molar-refractivity contribution is 5.45. The standard InChI is InChI=1S/C14H18FN/c1-2-16-9-11-8-14(11)6-5-10-7-12(15)3-4-13(10)14/h3-4,7,11,16H,2,5-6,8-9H2,1H3. The number of hydrogen-bond acceptors (Lipinski definition) is 1. The van der Waals surface area contributed by atoms with Crippen LogP contribution in [-0.4, -0.2) is 13.1 Å². The minimum absolute atomic E-state index is 0.0836. The average molecular weight is 219 g/mol. The van der Waals surface area contributed by atoms with E-state index < -0.39 is 0 Å².